The van der Waals surface area contributed by atoms with E-state index in [0.717, 1.165) is 0 Å². The fourth-order valence-electron chi connectivity index (χ4n) is 1.03. The summed E-state index contributed by atoms with van der Waals surface area (Å²) >= 11 is 0. The Labute approximate surface area is 79.0 Å². The molecule has 0 aromatic carbocycles. The normalized spacial score (nSPS) is 11.6. The molecule has 0 atom stereocenters. The van der Waals surface area contributed by atoms with Gasteiger partial charge >= 0.3 is 5.97 Å². The predicted molar refractivity (Wildman–Crippen MR) is 50.7 cm³/mol. The minimum absolute atomic E-state index is 0.104. The van der Waals surface area contributed by atoms with Crippen LogP contribution in [0.4, 0.5) is 0 Å². The Kier molecular flexibility index (Phi) is 5.66. The monoisotopic (exact) mass is 189 g/mol. The van der Waals surface area contributed by atoms with Crippen molar-refractivity contribution in [2.24, 2.45) is 0 Å². The molecule has 4 nitrogen and oxygen atoms in total. The van der Waals surface area contributed by atoms with E-state index in [1.807, 2.05) is 13.8 Å². The van der Waals surface area contributed by atoms with Gasteiger partial charge in [-0.15, -0.1) is 0 Å². The number of aliphatic hydroxyl groups excluding tert-OH is 1. The lowest BCUT2D eigenvalue weighted by Crippen LogP contribution is -2.40. The molecule has 0 heterocycles. The Morgan fingerprint density at radius 3 is 2.54 bits per heavy atom. The number of hydrogen-bond acceptors (Lipinski definition) is 3. The lowest BCUT2D eigenvalue weighted by Gasteiger charge is -2.25. The fourth-order valence-corrected chi connectivity index (χ4v) is 1.03. The zero-order valence-electron chi connectivity index (χ0n) is 8.34. The molecule has 0 bridgehead atoms. The van der Waals surface area contributed by atoms with E-state index < -0.39 is 5.97 Å². The van der Waals surface area contributed by atoms with Crippen LogP contribution >= 0.6 is 0 Å². The molecular formula is C9H19NO3. The van der Waals surface area contributed by atoms with Crippen molar-refractivity contribution in [2.75, 3.05) is 13.2 Å². The van der Waals surface area contributed by atoms with Crippen molar-refractivity contribution in [1.82, 2.24) is 5.32 Å². The number of nitrogens with one attached hydrogen (secondary N) is 1. The largest absolute Gasteiger partial charge is 0.481 e. The third-order valence-corrected chi connectivity index (χ3v) is 1.91. The average molecular weight is 189 g/mol. The van der Waals surface area contributed by atoms with Crippen LogP contribution in [0.1, 0.15) is 33.1 Å². The Morgan fingerprint density at radius 2 is 2.08 bits per heavy atom. The van der Waals surface area contributed by atoms with Crippen LogP contribution in [0.3, 0.4) is 0 Å². The van der Waals surface area contributed by atoms with Gasteiger partial charge < -0.3 is 15.5 Å². The van der Waals surface area contributed by atoms with E-state index in [-0.39, 0.29) is 18.6 Å². The summed E-state index contributed by atoms with van der Waals surface area (Å²) in [5.41, 5.74) is -0.104. The van der Waals surface area contributed by atoms with E-state index in [2.05, 4.69) is 5.32 Å². The summed E-state index contributed by atoms with van der Waals surface area (Å²) in [6, 6.07) is 0. The highest BCUT2D eigenvalue weighted by molar-refractivity contribution is 5.66. The summed E-state index contributed by atoms with van der Waals surface area (Å²) in [7, 11) is 0. The van der Waals surface area contributed by atoms with Gasteiger partial charge in [-0.2, -0.15) is 0 Å². The zero-order chi connectivity index (χ0) is 10.3. The molecule has 0 fully saturated rings. The highest BCUT2D eigenvalue weighted by Crippen LogP contribution is 2.06. The summed E-state index contributed by atoms with van der Waals surface area (Å²) in [6.07, 6.45) is 1.51. The summed E-state index contributed by atoms with van der Waals surface area (Å²) in [5, 5.41) is 20.3. The van der Waals surface area contributed by atoms with Crippen molar-refractivity contribution in [2.45, 2.75) is 38.6 Å². The SMILES string of the molecule is CC(C)(CCO)NCCCC(=O)O. The number of carboxylic acid groups (broad SMARTS) is 1. The number of rotatable bonds is 7. The molecule has 0 radical (unpaired) electrons. The molecule has 0 aliphatic heterocycles. The van der Waals surface area contributed by atoms with Crippen molar-refractivity contribution in [1.29, 1.82) is 0 Å². The first kappa shape index (κ1) is 12.4. The van der Waals surface area contributed by atoms with Gasteiger partial charge in [0.05, 0.1) is 0 Å². The van der Waals surface area contributed by atoms with Gasteiger partial charge in [-0.05, 0) is 33.2 Å². The molecule has 4 heteroatoms. The van der Waals surface area contributed by atoms with Gasteiger partial charge in [0.25, 0.3) is 0 Å². The molecule has 0 amide bonds. The van der Waals surface area contributed by atoms with Gasteiger partial charge in [-0.3, -0.25) is 4.79 Å². The minimum Gasteiger partial charge on any atom is -0.481 e. The number of carbonyl (C=O) groups is 1. The van der Waals surface area contributed by atoms with E-state index >= 15 is 0 Å². The molecule has 0 aliphatic carbocycles. The first-order valence-electron chi connectivity index (χ1n) is 4.55. The zero-order valence-corrected chi connectivity index (χ0v) is 8.34. The highest BCUT2D eigenvalue weighted by atomic mass is 16.4. The van der Waals surface area contributed by atoms with Gasteiger partial charge in [-0.1, -0.05) is 0 Å². The Bertz CT molecular complexity index is 157. The lowest BCUT2D eigenvalue weighted by atomic mass is 10.0. The fraction of sp³-hybridized carbons (Fsp3) is 0.889. The van der Waals surface area contributed by atoms with E-state index in [1.54, 1.807) is 0 Å². The molecule has 0 spiro atoms. The third kappa shape index (κ3) is 7.74. The molecule has 0 unspecified atom stereocenters. The van der Waals surface area contributed by atoms with E-state index in [9.17, 15) is 4.79 Å². The molecule has 3 N–H and O–H groups in total. The topological polar surface area (TPSA) is 69.6 Å². The van der Waals surface area contributed by atoms with Gasteiger partial charge in [-0.25, -0.2) is 0 Å². The Hall–Kier alpha value is -0.610. The first-order valence-corrected chi connectivity index (χ1v) is 4.55. The van der Waals surface area contributed by atoms with Crippen LogP contribution in [0.2, 0.25) is 0 Å². The van der Waals surface area contributed by atoms with Crippen LogP contribution in [0, 0.1) is 0 Å². The number of aliphatic carboxylic acids is 1. The minimum atomic E-state index is -0.762. The molecule has 0 saturated carbocycles. The van der Waals surface area contributed by atoms with Gasteiger partial charge in [0.15, 0.2) is 0 Å². The molecular weight excluding hydrogens is 170 g/mol. The standard InChI is InChI=1S/C9H19NO3/c1-9(2,5-7-11)10-6-3-4-8(12)13/h10-11H,3-7H2,1-2H3,(H,12,13). The van der Waals surface area contributed by atoms with Crippen molar-refractivity contribution in [3.8, 4) is 0 Å². The highest BCUT2D eigenvalue weighted by Gasteiger charge is 2.15. The maximum absolute atomic E-state index is 10.2. The molecule has 0 saturated heterocycles. The summed E-state index contributed by atoms with van der Waals surface area (Å²) in [6.45, 7) is 4.81. The van der Waals surface area contributed by atoms with Gasteiger partial charge in [0.1, 0.15) is 0 Å². The van der Waals surface area contributed by atoms with Crippen LogP contribution in [0.25, 0.3) is 0 Å². The van der Waals surface area contributed by atoms with Crippen molar-refractivity contribution in [3.63, 3.8) is 0 Å². The molecule has 0 aromatic rings. The van der Waals surface area contributed by atoms with Gasteiger partial charge in [0.2, 0.25) is 0 Å². The second-order valence-electron chi connectivity index (χ2n) is 3.78. The van der Waals surface area contributed by atoms with Crippen LogP contribution in [0.5, 0.6) is 0 Å². The van der Waals surface area contributed by atoms with E-state index in [0.29, 0.717) is 19.4 Å². The predicted octanol–water partition coefficient (Wildman–Crippen LogP) is 0.602. The van der Waals surface area contributed by atoms with Crippen LogP contribution in [0.15, 0.2) is 0 Å². The van der Waals surface area contributed by atoms with Crippen LogP contribution in [-0.4, -0.2) is 34.9 Å². The van der Waals surface area contributed by atoms with Crippen LogP contribution in [-0.2, 0) is 4.79 Å². The van der Waals surface area contributed by atoms with Crippen molar-refractivity contribution in [3.05, 3.63) is 0 Å². The smallest absolute Gasteiger partial charge is 0.303 e. The quantitative estimate of drug-likeness (QED) is 0.513. The Balaban J connectivity index is 3.45. The van der Waals surface area contributed by atoms with Crippen molar-refractivity contribution < 1.29 is 15.0 Å². The number of hydrogen-bond donors (Lipinski definition) is 3. The van der Waals surface area contributed by atoms with Crippen molar-refractivity contribution >= 4 is 5.97 Å². The average Bonchev–Trinajstić information content (AvgIpc) is 1.98. The maximum Gasteiger partial charge on any atom is 0.303 e. The summed E-state index contributed by atoms with van der Waals surface area (Å²) in [5.74, 6) is -0.762. The molecule has 78 valence electrons. The van der Waals surface area contributed by atoms with Crippen LogP contribution < -0.4 is 5.32 Å². The maximum atomic E-state index is 10.2. The Morgan fingerprint density at radius 1 is 1.46 bits per heavy atom. The number of carboxylic acids is 1. The molecule has 0 aliphatic rings. The first-order chi connectivity index (χ1) is 5.98. The third-order valence-electron chi connectivity index (χ3n) is 1.91. The van der Waals surface area contributed by atoms with E-state index in [4.69, 9.17) is 10.2 Å². The lowest BCUT2D eigenvalue weighted by molar-refractivity contribution is -0.137. The summed E-state index contributed by atoms with van der Waals surface area (Å²) in [4.78, 5) is 10.2. The van der Waals surface area contributed by atoms with Gasteiger partial charge in [0, 0.05) is 18.6 Å². The summed E-state index contributed by atoms with van der Waals surface area (Å²) < 4.78 is 0. The van der Waals surface area contributed by atoms with E-state index in [1.165, 1.54) is 0 Å². The second-order valence-corrected chi connectivity index (χ2v) is 3.78. The second kappa shape index (κ2) is 5.94. The molecule has 0 aromatic heterocycles. The molecule has 13 heavy (non-hydrogen) atoms. The number of aliphatic hydroxyl groups is 1. The molecule has 0 rings (SSSR count).